The third-order valence-corrected chi connectivity index (χ3v) is 10.6. The molecule has 320 valence electrons. The lowest BCUT2D eigenvalue weighted by Gasteiger charge is -2.31. The summed E-state index contributed by atoms with van der Waals surface area (Å²) in [4.78, 5) is 112. The van der Waals surface area contributed by atoms with Crippen LogP contribution in [0.4, 0.5) is 14.4 Å². The van der Waals surface area contributed by atoms with E-state index < -0.39 is 147 Å². The second-order valence-corrected chi connectivity index (χ2v) is 15.7. The molecular weight excluding hydrogens is 762 g/mol. The van der Waals surface area contributed by atoms with Crippen LogP contribution >= 0.6 is 0 Å². The molecule has 0 radical (unpaired) electrons. The Labute approximate surface area is 325 Å². The summed E-state index contributed by atoms with van der Waals surface area (Å²) in [6.45, 7) is 1.76. The van der Waals surface area contributed by atoms with Gasteiger partial charge in [0, 0.05) is 19.6 Å². The first kappa shape index (κ1) is 45.0. The van der Waals surface area contributed by atoms with Crippen molar-refractivity contribution < 1.29 is 59.7 Å². The fourth-order valence-electron chi connectivity index (χ4n) is 7.40. The molecule has 7 N–H and O–H groups in total. The summed E-state index contributed by atoms with van der Waals surface area (Å²) in [6, 6.07) is -2.52. The van der Waals surface area contributed by atoms with E-state index in [9.17, 15) is 74.1 Å². The standard InChI is InChI=1S/C33H53N9O15/c1-31(2)22(49)34(28(55)40(31)7-10-43)13-19(46)16-37-25(52)38(17-20(47)14-35-23(50)32(3,4)41(8-11-44)29(35)56)27(54)39(26(37)53)18-21(48)15-36-24(51)33(5,6)42(9-12-45)30(36)57/h19-22,43-49H,7-18H2,1-6H3. The molecule has 0 bridgehead atoms. The van der Waals surface area contributed by atoms with Gasteiger partial charge in [-0.3, -0.25) is 24.3 Å². The van der Waals surface area contributed by atoms with Gasteiger partial charge in [0.05, 0.1) is 82.9 Å². The van der Waals surface area contributed by atoms with Crippen molar-refractivity contribution in [2.45, 2.75) is 102 Å². The summed E-state index contributed by atoms with van der Waals surface area (Å²) in [5.41, 5.74) is -8.25. The molecule has 24 nitrogen and oxygen atoms in total. The number of aromatic nitrogens is 3. The Bertz CT molecular complexity index is 1820. The Balaban J connectivity index is 1.69. The molecule has 4 atom stereocenters. The predicted octanol–water partition coefficient (Wildman–Crippen LogP) is -5.85. The molecule has 4 unspecified atom stereocenters. The highest BCUT2D eigenvalue weighted by Crippen LogP contribution is 2.31. The van der Waals surface area contributed by atoms with Crippen LogP contribution < -0.4 is 17.1 Å². The van der Waals surface area contributed by atoms with Gasteiger partial charge in [0.15, 0.2) is 6.23 Å². The van der Waals surface area contributed by atoms with E-state index in [1.54, 1.807) is 0 Å². The van der Waals surface area contributed by atoms with Crippen molar-refractivity contribution in [3.05, 3.63) is 31.5 Å². The number of imide groups is 2. The number of carbonyl (C=O) groups excluding carboxylic acids is 5. The number of hydrogen-bond acceptors (Lipinski definition) is 15. The molecule has 1 aromatic heterocycles. The first-order chi connectivity index (χ1) is 26.4. The quantitative estimate of drug-likeness (QED) is 0.0679. The van der Waals surface area contributed by atoms with Crippen LogP contribution in [0.2, 0.25) is 0 Å². The monoisotopic (exact) mass is 815 g/mol. The average Bonchev–Trinajstić information content (AvgIpc) is 3.47. The number of nitrogens with zero attached hydrogens (tertiary/aromatic N) is 9. The highest BCUT2D eigenvalue weighted by atomic mass is 16.3. The molecule has 1 aromatic rings. The van der Waals surface area contributed by atoms with Crippen molar-refractivity contribution in [2.75, 3.05) is 59.1 Å². The van der Waals surface area contributed by atoms with Gasteiger partial charge >= 0.3 is 35.2 Å². The summed E-state index contributed by atoms with van der Waals surface area (Å²) in [5.74, 6) is -1.51. The molecule has 57 heavy (non-hydrogen) atoms. The van der Waals surface area contributed by atoms with Crippen LogP contribution in [0.15, 0.2) is 14.4 Å². The molecule has 3 fully saturated rings. The second kappa shape index (κ2) is 16.6. The number of aliphatic hydroxyl groups is 7. The van der Waals surface area contributed by atoms with E-state index in [-0.39, 0.29) is 19.6 Å². The minimum Gasteiger partial charge on any atom is -0.395 e. The van der Waals surface area contributed by atoms with Crippen molar-refractivity contribution in [2.24, 2.45) is 0 Å². The Morgan fingerprint density at radius 1 is 0.491 bits per heavy atom. The highest BCUT2D eigenvalue weighted by Gasteiger charge is 2.53. The van der Waals surface area contributed by atoms with Crippen LogP contribution in [0.3, 0.4) is 0 Å². The van der Waals surface area contributed by atoms with Crippen LogP contribution in [-0.4, -0.2) is 209 Å². The topological polar surface area (TPSA) is 312 Å². The maximum absolute atomic E-state index is 13.8. The molecule has 0 spiro atoms. The average molecular weight is 816 g/mol. The fourth-order valence-corrected chi connectivity index (χ4v) is 7.40. The zero-order valence-corrected chi connectivity index (χ0v) is 32.7. The van der Waals surface area contributed by atoms with Crippen LogP contribution in [0, 0.1) is 0 Å². The summed E-state index contributed by atoms with van der Waals surface area (Å²) in [7, 11) is 0. The van der Waals surface area contributed by atoms with E-state index in [1.165, 1.54) is 41.5 Å². The molecule has 4 heterocycles. The lowest BCUT2D eigenvalue weighted by Crippen LogP contribution is -2.58. The number of carbonyl (C=O) groups is 5. The SMILES string of the molecule is CC1(C)C(=O)N(CC(O)Cn2c(=O)n(CC(O)CN3C(=O)N(CCO)C(C)(C)C3=O)c(=O)n(CC(O)CN3C(=O)N(CCO)C(C)(C)C3O)c2=O)C(=O)N1CCO. The number of β-amino-alcohol motifs (C(OH)–C–C–N with tert-alkyl or cyclic N) is 6. The predicted molar refractivity (Wildman–Crippen MR) is 193 cm³/mol. The molecule has 0 saturated carbocycles. The van der Waals surface area contributed by atoms with Crippen LogP contribution in [0.5, 0.6) is 0 Å². The van der Waals surface area contributed by atoms with Crippen molar-refractivity contribution in [1.29, 1.82) is 0 Å². The van der Waals surface area contributed by atoms with Gasteiger partial charge in [-0.1, -0.05) is 0 Å². The Morgan fingerprint density at radius 3 is 1.14 bits per heavy atom. The van der Waals surface area contributed by atoms with E-state index in [0.717, 1.165) is 19.6 Å². The van der Waals surface area contributed by atoms with Crippen molar-refractivity contribution >= 4 is 29.9 Å². The fraction of sp³-hybridized carbons (Fsp3) is 0.758. The van der Waals surface area contributed by atoms with Crippen molar-refractivity contribution in [3.8, 4) is 0 Å². The van der Waals surface area contributed by atoms with E-state index in [0.29, 0.717) is 23.5 Å². The second-order valence-electron chi connectivity index (χ2n) is 15.7. The minimum absolute atomic E-state index is 0.160. The molecular formula is C33H53N9O15. The van der Waals surface area contributed by atoms with E-state index >= 15 is 0 Å². The van der Waals surface area contributed by atoms with Gasteiger partial charge in [0.2, 0.25) is 0 Å². The largest absolute Gasteiger partial charge is 0.395 e. The normalized spacial score (nSPS) is 22.1. The van der Waals surface area contributed by atoms with Crippen molar-refractivity contribution in [1.82, 2.24) is 43.1 Å². The number of amides is 8. The number of aliphatic hydroxyl groups excluding tert-OH is 7. The maximum atomic E-state index is 13.8. The smallest absolute Gasteiger partial charge is 0.336 e. The third kappa shape index (κ3) is 8.06. The molecule has 3 aliphatic rings. The van der Waals surface area contributed by atoms with E-state index in [4.69, 9.17) is 0 Å². The number of rotatable bonds is 18. The lowest BCUT2D eigenvalue weighted by atomic mass is 10.0. The van der Waals surface area contributed by atoms with Gasteiger partial charge in [-0.15, -0.1) is 0 Å². The molecule has 0 aliphatic carbocycles. The molecule has 24 heteroatoms. The van der Waals surface area contributed by atoms with Gasteiger partial charge in [-0.05, 0) is 41.5 Å². The summed E-state index contributed by atoms with van der Waals surface area (Å²) >= 11 is 0. The Hall–Kier alpha value is -4.72. The van der Waals surface area contributed by atoms with Crippen LogP contribution in [-0.2, 0) is 29.2 Å². The van der Waals surface area contributed by atoms with E-state index in [1.807, 2.05) is 0 Å². The Morgan fingerprint density at radius 2 is 0.807 bits per heavy atom. The first-order valence-corrected chi connectivity index (χ1v) is 18.3. The van der Waals surface area contributed by atoms with Gasteiger partial charge in [0.25, 0.3) is 11.8 Å². The first-order valence-electron chi connectivity index (χ1n) is 18.3. The number of hydrogen-bond donors (Lipinski definition) is 7. The summed E-state index contributed by atoms with van der Waals surface area (Å²) in [5, 5.41) is 72.4. The van der Waals surface area contributed by atoms with Crippen molar-refractivity contribution in [3.63, 3.8) is 0 Å². The highest BCUT2D eigenvalue weighted by molar-refractivity contribution is 6.07. The van der Waals surface area contributed by atoms with E-state index in [2.05, 4.69) is 0 Å². The number of urea groups is 3. The van der Waals surface area contributed by atoms with Gasteiger partial charge in [-0.2, -0.15) is 0 Å². The molecule has 3 aliphatic heterocycles. The maximum Gasteiger partial charge on any atom is 0.336 e. The zero-order chi connectivity index (χ0) is 43.1. The third-order valence-electron chi connectivity index (χ3n) is 10.6. The van der Waals surface area contributed by atoms with Crippen LogP contribution in [0.1, 0.15) is 41.5 Å². The molecule has 0 aromatic carbocycles. The lowest BCUT2D eigenvalue weighted by molar-refractivity contribution is -0.133. The van der Waals surface area contributed by atoms with Crippen LogP contribution in [0.25, 0.3) is 0 Å². The molecule has 4 rings (SSSR count). The van der Waals surface area contributed by atoms with Gasteiger partial charge < -0.3 is 50.4 Å². The molecule has 8 amide bonds. The zero-order valence-electron chi connectivity index (χ0n) is 32.7. The minimum atomic E-state index is -1.82. The Kier molecular flexibility index (Phi) is 13.1. The van der Waals surface area contributed by atoms with Gasteiger partial charge in [0.1, 0.15) is 11.1 Å². The van der Waals surface area contributed by atoms with Gasteiger partial charge in [-0.25, -0.2) is 42.5 Å². The summed E-state index contributed by atoms with van der Waals surface area (Å²) < 4.78 is 1.08. The summed E-state index contributed by atoms with van der Waals surface area (Å²) in [6.07, 6.45) is -6.92. The molecule has 3 saturated heterocycles.